The molecule has 6 nitrogen and oxygen atoms in total. The van der Waals surface area contributed by atoms with Crippen LogP contribution in [0.5, 0.6) is 0 Å². The number of hydrogen-bond acceptors (Lipinski definition) is 3. The normalized spacial score (nSPS) is 21.8. The fraction of sp³-hybridized carbons (Fsp3) is 0.360. The van der Waals surface area contributed by atoms with E-state index in [2.05, 4.69) is 17.2 Å². The molecule has 2 aliphatic rings. The Morgan fingerprint density at radius 2 is 1.75 bits per heavy atom. The summed E-state index contributed by atoms with van der Waals surface area (Å²) in [7, 11) is 0. The van der Waals surface area contributed by atoms with Gasteiger partial charge in [0.15, 0.2) is 0 Å². The number of rotatable bonds is 4. The van der Waals surface area contributed by atoms with E-state index in [9.17, 15) is 19.1 Å². The summed E-state index contributed by atoms with van der Waals surface area (Å²) in [5, 5.41) is 12.7. The molecule has 32 heavy (non-hydrogen) atoms. The molecule has 0 saturated carbocycles. The molecule has 2 fully saturated rings. The van der Waals surface area contributed by atoms with E-state index in [1.165, 1.54) is 12.1 Å². The van der Waals surface area contributed by atoms with Crippen LogP contribution in [0.25, 0.3) is 0 Å². The Bertz CT molecular complexity index is 1040. The minimum absolute atomic E-state index is 0.0349. The number of benzene rings is 2. The summed E-state index contributed by atoms with van der Waals surface area (Å²) in [6.07, 6.45) is 0.828. The van der Waals surface area contributed by atoms with Crippen LogP contribution in [-0.4, -0.2) is 65.2 Å². The summed E-state index contributed by atoms with van der Waals surface area (Å²) in [6, 6.07) is 13.1. The standard InChI is InChI=1S/C25H26FN3O3/c1-2-13-27-25(32)28-14-21-24(22(16-30)29(21)23(31)15-28)19-9-5-17(6-10-19)3-4-18-7-11-20(26)12-8-18/h5-12,21-22,24,30H,2,13-16H2,1H3,(H,27,32)/t21-,22-,24+/m0/s1. The minimum atomic E-state index is -0.296. The van der Waals surface area contributed by atoms with Gasteiger partial charge in [-0.25, -0.2) is 9.18 Å². The van der Waals surface area contributed by atoms with Crippen LogP contribution in [0.15, 0.2) is 48.5 Å². The second kappa shape index (κ2) is 9.41. The molecule has 2 aromatic rings. The van der Waals surface area contributed by atoms with Crippen molar-refractivity contribution in [3.8, 4) is 11.8 Å². The Morgan fingerprint density at radius 1 is 1.12 bits per heavy atom. The lowest BCUT2D eigenvalue weighted by Crippen LogP contribution is -2.73. The molecule has 0 bridgehead atoms. The number of fused-ring (bicyclic) bond motifs is 1. The van der Waals surface area contributed by atoms with Gasteiger partial charge in [0.25, 0.3) is 0 Å². The van der Waals surface area contributed by atoms with Crippen molar-refractivity contribution in [3.63, 3.8) is 0 Å². The second-order valence-electron chi connectivity index (χ2n) is 8.14. The largest absolute Gasteiger partial charge is 0.394 e. The van der Waals surface area contributed by atoms with Crippen molar-refractivity contribution in [2.45, 2.75) is 31.3 Å². The van der Waals surface area contributed by atoms with E-state index in [1.807, 2.05) is 31.2 Å². The topological polar surface area (TPSA) is 72.9 Å². The summed E-state index contributed by atoms with van der Waals surface area (Å²) < 4.78 is 13.0. The molecule has 4 rings (SSSR count). The van der Waals surface area contributed by atoms with Crippen LogP contribution >= 0.6 is 0 Å². The molecule has 0 aliphatic carbocycles. The highest BCUT2D eigenvalue weighted by molar-refractivity contribution is 5.87. The Kier molecular flexibility index (Phi) is 6.42. The average Bonchev–Trinajstić information content (AvgIpc) is 2.79. The zero-order chi connectivity index (χ0) is 22.7. The zero-order valence-corrected chi connectivity index (χ0v) is 17.9. The Balaban J connectivity index is 1.49. The van der Waals surface area contributed by atoms with Gasteiger partial charge in [-0.1, -0.05) is 30.9 Å². The first kappa shape index (κ1) is 21.8. The van der Waals surface area contributed by atoms with Gasteiger partial charge < -0.3 is 20.2 Å². The number of urea groups is 1. The number of aliphatic hydroxyl groups excluding tert-OH is 1. The summed E-state index contributed by atoms with van der Waals surface area (Å²) >= 11 is 0. The lowest BCUT2D eigenvalue weighted by atomic mass is 9.73. The lowest BCUT2D eigenvalue weighted by molar-refractivity contribution is -0.159. The summed E-state index contributed by atoms with van der Waals surface area (Å²) in [5.74, 6) is 5.59. The van der Waals surface area contributed by atoms with Gasteiger partial charge in [-0.15, -0.1) is 0 Å². The molecule has 3 amide bonds. The van der Waals surface area contributed by atoms with Crippen molar-refractivity contribution in [2.24, 2.45) is 0 Å². The van der Waals surface area contributed by atoms with Crippen LogP contribution < -0.4 is 5.32 Å². The summed E-state index contributed by atoms with van der Waals surface area (Å²) in [6.45, 7) is 2.90. The maximum absolute atomic E-state index is 13.0. The fourth-order valence-corrected chi connectivity index (χ4v) is 4.46. The lowest BCUT2D eigenvalue weighted by Gasteiger charge is -2.58. The van der Waals surface area contributed by atoms with E-state index < -0.39 is 0 Å². The maximum Gasteiger partial charge on any atom is 0.317 e. The van der Waals surface area contributed by atoms with Crippen molar-refractivity contribution in [1.29, 1.82) is 0 Å². The smallest absolute Gasteiger partial charge is 0.317 e. The molecule has 166 valence electrons. The number of carbonyl (C=O) groups is 2. The van der Waals surface area contributed by atoms with E-state index in [0.29, 0.717) is 13.1 Å². The first-order valence-electron chi connectivity index (χ1n) is 10.8. The number of nitrogens with one attached hydrogen (secondary N) is 1. The third-order valence-corrected chi connectivity index (χ3v) is 6.06. The first-order chi connectivity index (χ1) is 15.5. The Labute approximate surface area is 187 Å². The summed E-state index contributed by atoms with van der Waals surface area (Å²) in [5.41, 5.74) is 2.55. The van der Waals surface area contributed by atoms with Crippen molar-refractivity contribution < 1.29 is 19.1 Å². The SMILES string of the molecule is CCCNC(=O)N1CC(=O)N2[C@@H](CO)[C@H](c3ccc(C#Cc4ccc(F)cc4)cc3)[C@@H]2C1. The van der Waals surface area contributed by atoms with E-state index in [4.69, 9.17) is 0 Å². The molecule has 0 radical (unpaired) electrons. The van der Waals surface area contributed by atoms with E-state index in [-0.39, 0.29) is 48.9 Å². The molecule has 2 aromatic carbocycles. The molecule has 0 aromatic heterocycles. The van der Waals surface area contributed by atoms with Gasteiger partial charge >= 0.3 is 6.03 Å². The average molecular weight is 435 g/mol. The van der Waals surface area contributed by atoms with E-state index in [0.717, 1.165) is 23.1 Å². The van der Waals surface area contributed by atoms with Crippen LogP contribution in [0.1, 0.15) is 36.0 Å². The van der Waals surface area contributed by atoms with Gasteiger partial charge in [0, 0.05) is 30.1 Å². The third-order valence-electron chi connectivity index (χ3n) is 6.06. The molecule has 0 spiro atoms. The number of halogens is 1. The number of hydrogen-bond donors (Lipinski definition) is 2. The van der Waals surface area contributed by atoms with Gasteiger partial charge in [-0.2, -0.15) is 0 Å². The second-order valence-corrected chi connectivity index (χ2v) is 8.14. The Morgan fingerprint density at radius 3 is 2.34 bits per heavy atom. The minimum Gasteiger partial charge on any atom is -0.394 e. The molecule has 3 atom stereocenters. The van der Waals surface area contributed by atoms with Gasteiger partial charge in [0.05, 0.1) is 18.7 Å². The summed E-state index contributed by atoms with van der Waals surface area (Å²) in [4.78, 5) is 28.3. The van der Waals surface area contributed by atoms with Crippen LogP contribution in [0.2, 0.25) is 0 Å². The molecule has 2 saturated heterocycles. The number of amides is 3. The monoisotopic (exact) mass is 435 g/mol. The molecule has 2 aliphatic heterocycles. The van der Waals surface area contributed by atoms with Gasteiger partial charge in [-0.3, -0.25) is 4.79 Å². The van der Waals surface area contributed by atoms with Crippen LogP contribution in [0, 0.1) is 17.7 Å². The molecular weight excluding hydrogens is 409 g/mol. The fourth-order valence-electron chi connectivity index (χ4n) is 4.46. The van der Waals surface area contributed by atoms with Crippen LogP contribution in [0.3, 0.4) is 0 Å². The van der Waals surface area contributed by atoms with Gasteiger partial charge in [0.1, 0.15) is 12.4 Å². The highest BCUT2D eigenvalue weighted by atomic mass is 19.1. The van der Waals surface area contributed by atoms with E-state index in [1.54, 1.807) is 21.9 Å². The molecule has 2 heterocycles. The van der Waals surface area contributed by atoms with Crippen molar-refractivity contribution in [3.05, 3.63) is 71.0 Å². The van der Waals surface area contributed by atoms with Crippen molar-refractivity contribution in [1.82, 2.24) is 15.1 Å². The number of aliphatic hydroxyl groups is 1. The molecule has 0 unspecified atom stereocenters. The number of nitrogens with zero attached hydrogens (tertiary/aromatic N) is 2. The number of piperazine rings is 1. The highest BCUT2D eigenvalue weighted by Crippen LogP contribution is 2.42. The van der Waals surface area contributed by atoms with Gasteiger partial charge in [-0.05, 0) is 48.4 Å². The predicted octanol–water partition coefficient (Wildman–Crippen LogP) is 2.32. The molecule has 7 heteroatoms. The Hall–Kier alpha value is -3.37. The predicted molar refractivity (Wildman–Crippen MR) is 118 cm³/mol. The maximum atomic E-state index is 13.0. The zero-order valence-electron chi connectivity index (χ0n) is 17.9. The molecular formula is C25H26FN3O3. The highest BCUT2D eigenvalue weighted by Gasteiger charge is 2.54. The molecule has 2 N–H and O–H groups in total. The van der Waals surface area contributed by atoms with Crippen molar-refractivity contribution >= 4 is 11.9 Å². The first-order valence-corrected chi connectivity index (χ1v) is 10.8. The van der Waals surface area contributed by atoms with Crippen molar-refractivity contribution in [2.75, 3.05) is 26.2 Å². The van der Waals surface area contributed by atoms with Crippen LogP contribution in [-0.2, 0) is 4.79 Å². The van der Waals surface area contributed by atoms with Crippen LogP contribution in [0.4, 0.5) is 9.18 Å². The third kappa shape index (κ3) is 4.32. The number of carbonyl (C=O) groups excluding carboxylic acids is 2. The quantitative estimate of drug-likeness (QED) is 0.724. The van der Waals surface area contributed by atoms with E-state index >= 15 is 0 Å². The van der Waals surface area contributed by atoms with Gasteiger partial charge in [0.2, 0.25) is 5.91 Å².